The molecule has 0 unspecified atom stereocenters. The Bertz CT molecular complexity index is 1910. The molecule has 7 rings (SSSR count). The normalized spacial score (nSPS) is 11.1. The summed E-state index contributed by atoms with van der Waals surface area (Å²) in [5.41, 5.74) is 6.89. The molecular formula is C32H21LiN3O+. The standard InChI is InChI=1S/C32H21N3O.Li/c36-30-19-18-25(26-13-8-20-33-31(26)30)24-16-17-27(23-12-5-4-11-22(23)24)32-34-28-14-6-7-15-29(28)35(32)21-9-2-1-3-10-21;/h1-20,36H;/q;+1. The Hall–Kier alpha value is -4.36. The zero-order valence-corrected chi connectivity index (χ0v) is 20.3. The van der Waals surface area contributed by atoms with E-state index in [-0.39, 0.29) is 24.6 Å². The maximum Gasteiger partial charge on any atom is 1.00 e. The zero-order valence-electron chi connectivity index (χ0n) is 20.3. The summed E-state index contributed by atoms with van der Waals surface area (Å²) in [4.78, 5) is 8.22. The van der Waals surface area contributed by atoms with E-state index in [9.17, 15) is 5.11 Å². The van der Waals surface area contributed by atoms with Gasteiger partial charge >= 0.3 is 18.9 Å². The third kappa shape index (κ3) is 3.70. The molecule has 4 nitrogen and oxygen atoms in total. The van der Waals surface area contributed by atoms with Crippen molar-refractivity contribution in [2.75, 3.05) is 0 Å². The second-order valence-corrected chi connectivity index (χ2v) is 8.87. The van der Waals surface area contributed by atoms with E-state index in [4.69, 9.17) is 4.98 Å². The van der Waals surface area contributed by atoms with Gasteiger partial charge in [-0.1, -0.05) is 72.8 Å². The van der Waals surface area contributed by atoms with Crippen molar-refractivity contribution in [3.8, 4) is 34.0 Å². The number of nitrogens with one attached hydrogen (secondary N) is 1. The SMILES string of the molecule is [Li+].[O-]c1ccc(-c2ccc(-c3nc4ccccc4n3-c3ccccc3)c3ccccc23)c2ccc[nH+]c12. The molecule has 170 valence electrons. The Morgan fingerprint density at radius 2 is 1.22 bits per heavy atom. The Kier molecular flexibility index (Phi) is 5.77. The topological polar surface area (TPSA) is 55.0 Å². The summed E-state index contributed by atoms with van der Waals surface area (Å²) in [7, 11) is 0. The maximum atomic E-state index is 12.5. The molecule has 0 radical (unpaired) electrons. The predicted molar refractivity (Wildman–Crippen MR) is 143 cm³/mol. The summed E-state index contributed by atoms with van der Waals surface area (Å²) in [5.74, 6) is 0.894. The maximum absolute atomic E-state index is 12.5. The molecule has 0 aliphatic heterocycles. The fourth-order valence-electron chi connectivity index (χ4n) is 5.21. The molecule has 0 saturated heterocycles. The van der Waals surface area contributed by atoms with Crippen LogP contribution in [-0.2, 0) is 0 Å². The number of hydrogen-bond donors (Lipinski definition) is 0. The third-order valence-electron chi connectivity index (χ3n) is 6.82. The van der Waals surface area contributed by atoms with Crippen LogP contribution in [0.5, 0.6) is 5.75 Å². The first-order chi connectivity index (χ1) is 17.8. The molecule has 37 heavy (non-hydrogen) atoms. The average Bonchev–Trinajstić information content (AvgIpc) is 3.33. The number of imidazole rings is 1. The molecule has 2 aromatic heterocycles. The van der Waals surface area contributed by atoms with E-state index in [1.165, 1.54) is 0 Å². The molecule has 0 atom stereocenters. The van der Waals surface area contributed by atoms with E-state index >= 15 is 0 Å². The first-order valence-corrected chi connectivity index (χ1v) is 12.0. The van der Waals surface area contributed by atoms with Crippen LogP contribution in [0.4, 0.5) is 0 Å². The van der Waals surface area contributed by atoms with E-state index in [1.807, 2.05) is 30.3 Å². The van der Waals surface area contributed by atoms with Crippen molar-refractivity contribution in [3.05, 3.63) is 121 Å². The quantitative estimate of drug-likeness (QED) is 0.371. The van der Waals surface area contributed by atoms with Crippen LogP contribution in [0.2, 0.25) is 0 Å². The van der Waals surface area contributed by atoms with Gasteiger partial charge in [0, 0.05) is 17.3 Å². The van der Waals surface area contributed by atoms with Crippen molar-refractivity contribution in [3.63, 3.8) is 0 Å². The number of aromatic amines is 1. The molecule has 0 fully saturated rings. The second-order valence-electron chi connectivity index (χ2n) is 8.87. The van der Waals surface area contributed by atoms with Crippen LogP contribution in [0.1, 0.15) is 0 Å². The molecule has 0 amide bonds. The van der Waals surface area contributed by atoms with Crippen LogP contribution >= 0.6 is 0 Å². The van der Waals surface area contributed by atoms with Gasteiger partial charge in [0.25, 0.3) is 0 Å². The summed E-state index contributed by atoms with van der Waals surface area (Å²) in [6, 6.07) is 38.8. The molecule has 0 bridgehead atoms. The molecule has 1 N–H and O–H groups in total. The van der Waals surface area contributed by atoms with E-state index < -0.39 is 0 Å². The first kappa shape index (κ1) is 23.1. The van der Waals surface area contributed by atoms with Gasteiger partial charge in [0.15, 0.2) is 6.20 Å². The number of aromatic nitrogens is 3. The van der Waals surface area contributed by atoms with Crippen molar-refractivity contribution in [2.24, 2.45) is 0 Å². The number of nitrogens with zero attached hydrogens (tertiary/aromatic N) is 2. The summed E-state index contributed by atoms with van der Waals surface area (Å²) in [6.07, 6.45) is 1.79. The van der Waals surface area contributed by atoms with E-state index in [0.717, 1.165) is 55.4 Å². The Labute approximate surface area is 226 Å². The van der Waals surface area contributed by atoms with Crippen LogP contribution in [0.3, 0.4) is 0 Å². The number of rotatable bonds is 3. The molecule has 2 heterocycles. The Morgan fingerprint density at radius 3 is 2.05 bits per heavy atom. The summed E-state index contributed by atoms with van der Waals surface area (Å²) >= 11 is 0. The molecule has 0 aliphatic rings. The van der Waals surface area contributed by atoms with Crippen molar-refractivity contribution in [1.29, 1.82) is 0 Å². The zero-order chi connectivity index (χ0) is 24.1. The van der Waals surface area contributed by atoms with Gasteiger partial charge in [-0.25, -0.2) is 9.97 Å². The minimum Gasteiger partial charge on any atom is -0.868 e. The number of fused-ring (bicyclic) bond motifs is 3. The number of hydrogen-bond acceptors (Lipinski definition) is 2. The van der Waals surface area contributed by atoms with Crippen molar-refractivity contribution in [1.82, 2.24) is 9.55 Å². The fourth-order valence-corrected chi connectivity index (χ4v) is 5.21. The molecule has 0 saturated carbocycles. The first-order valence-electron chi connectivity index (χ1n) is 12.0. The molecule has 0 spiro atoms. The summed E-state index contributed by atoms with van der Waals surface area (Å²) < 4.78 is 2.23. The largest absolute Gasteiger partial charge is 1.00 e. The molecule has 7 aromatic rings. The van der Waals surface area contributed by atoms with Gasteiger partial charge in [-0.15, -0.1) is 0 Å². The van der Waals surface area contributed by atoms with E-state index in [2.05, 4.69) is 88.4 Å². The summed E-state index contributed by atoms with van der Waals surface area (Å²) in [5, 5.41) is 15.6. The molecule has 5 aromatic carbocycles. The van der Waals surface area contributed by atoms with Gasteiger partial charge in [0.2, 0.25) is 5.52 Å². The average molecular weight is 470 g/mol. The molecule has 0 aliphatic carbocycles. The Balaban J connectivity index is 0.00000252. The fraction of sp³-hybridized carbons (Fsp3) is 0. The van der Waals surface area contributed by atoms with Crippen molar-refractivity contribution >= 4 is 32.7 Å². The van der Waals surface area contributed by atoms with Crippen LogP contribution in [0.15, 0.2) is 121 Å². The smallest absolute Gasteiger partial charge is 0.868 e. The van der Waals surface area contributed by atoms with Gasteiger partial charge in [-0.3, -0.25) is 4.57 Å². The third-order valence-corrected chi connectivity index (χ3v) is 6.82. The van der Waals surface area contributed by atoms with Gasteiger partial charge in [0.05, 0.1) is 16.4 Å². The number of para-hydroxylation sites is 3. The van der Waals surface area contributed by atoms with Crippen molar-refractivity contribution in [2.45, 2.75) is 0 Å². The number of pyridine rings is 1. The van der Waals surface area contributed by atoms with E-state index in [1.54, 1.807) is 12.3 Å². The monoisotopic (exact) mass is 470 g/mol. The summed E-state index contributed by atoms with van der Waals surface area (Å²) in [6.45, 7) is 0. The van der Waals surface area contributed by atoms with Crippen LogP contribution < -0.4 is 29.0 Å². The minimum atomic E-state index is -0.00754. The molecule has 5 heteroatoms. The van der Waals surface area contributed by atoms with Crippen molar-refractivity contribution < 1.29 is 29.0 Å². The van der Waals surface area contributed by atoms with Crippen LogP contribution in [0, 0.1) is 0 Å². The number of H-pyrrole nitrogens is 1. The van der Waals surface area contributed by atoms with Gasteiger partial charge in [-0.2, -0.15) is 0 Å². The number of benzene rings is 5. The Morgan fingerprint density at radius 1 is 0.595 bits per heavy atom. The van der Waals surface area contributed by atoms with Crippen LogP contribution in [0.25, 0.3) is 60.9 Å². The second kappa shape index (κ2) is 9.26. The van der Waals surface area contributed by atoms with E-state index in [0.29, 0.717) is 5.52 Å². The van der Waals surface area contributed by atoms with Gasteiger partial charge in [-0.05, 0) is 64.0 Å². The van der Waals surface area contributed by atoms with Crippen LogP contribution in [-0.4, -0.2) is 9.55 Å². The predicted octanol–water partition coefficient (Wildman–Crippen LogP) is 3.56. The molecular weight excluding hydrogens is 449 g/mol. The van der Waals surface area contributed by atoms with Gasteiger partial charge in [0.1, 0.15) is 5.82 Å². The van der Waals surface area contributed by atoms with Gasteiger partial charge < -0.3 is 5.11 Å². The minimum absolute atomic E-state index is 0.